The van der Waals surface area contributed by atoms with Crippen LogP contribution in [-0.4, -0.2) is 41.5 Å². The topological polar surface area (TPSA) is 6.48 Å². The largest absolute Gasteiger partial charge is 0.294 e. The first-order chi connectivity index (χ1) is 12.1. The number of piperidine rings is 2. The van der Waals surface area contributed by atoms with Gasteiger partial charge in [-0.15, -0.1) is 0 Å². The Morgan fingerprint density at radius 1 is 0.880 bits per heavy atom. The van der Waals surface area contributed by atoms with Crippen LogP contribution < -0.4 is 0 Å². The molecule has 2 fully saturated rings. The molecule has 0 N–H and O–H groups in total. The van der Waals surface area contributed by atoms with Gasteiger partial charge in [-0.1, -0.05) is 49.2 Å². The number of hydrogen-bond acceptors (Lipinski definition) is 2. The van der Waals surface area contributed by atoms with Crippen molar-refractivity contribution in [2.45, 2.75) is 70.9 Å². The minimum Gasteiger partial charge on any atom is -0.294 e. The summed E-state index contributed by atoms with van der Waals surface area (Å²) in [7, 11) is 0. The highest BCUT2D eigenvalue weighted by Gasteiger charge is 2.38. The summed E-state index contributed by atoms with van der Waals surface area (Å²) in [6.45, 7) is 12.1. The molecule has 2 heteroatoms. The number of benzene rings is 1. The summed E-state index contributed by atoms with van der Waals surface area (Å²) in [4.78, 5) is 5.46. The minimum atomic E-state index is 0.118. The van der Waals surface area contributed by atoms with Crippen molar-refractivity contribution in [2.24, 2.45) is 0 Å². The Kier molecular flexibility index (Phi) is 6.35. The summed E-state index contributed by atoms with van der Waals surface area (Å²) in [5.41, 5.74) is 3.16. The molecular formula is C23H36N2. The third-order valence-corrected chi connectivity index (χ3v) is 6.33. The molecular weight excluding hydrogens is 304 g/mol. The van der Waals surface area contributed by atoms with Crippen LogP contribution in [0, 0.1) is 0 Å². The first kappa shape index (κ1) is 18.7. The van der Waals surface area contributed by atoms with Crippen LogP contribution in [0.2, 0.25) is 0 Å². The van der Waals surface area contributed by atoms with Crippen LogP contribution >= 0.6 is 0 Å². The normalized spacial score (nSPS) is 22.8. The van der Waals surface area contributed by atoms with E-state index in [9.17, 15) is 0 Å². The van der Waals surface area contributed by atoms with E-state index < -0.39 is 0 Å². The van der Waals surface area contributed by atoms with Crippen molar-refractivity contribution < 1.29 is 0 Å². The molecule has 0 aromatic heterocycles. The number of hydrogen-bond donors (Lipinski definition) is 0. The zero-order chi connectivity index (χ0) is 17.7. The van der Waals surface area contributed by atoms with Crippen LogP contribution in [0.4, 0.5) is 0 Å². The Balaban J connectivity index is 1.94. The first-order valence-electron chi connectivity index (χ1n) is 10.4. The summed E-state index contributed by atoms with van der Waals surface area (Å²) in [5.74, 6) is 0. The highest BCUT2D eigenvalue weighted by Crippen LogP contribution is 2.40. The van der Waals surface area contributed by atoms with Gasteiger partial charge in [0.15, 0.2) is 0 Å². The fraction of sp³-hybridized carbons (Fsp3) is 0.652. The summed E-state index contributed by atoms with van der Waals surface area (Å²) >= 11 is 0. The van der Waals surface area contributed by atoms with Crippen molar-refractivity contribution in [3.8, 4) is 0 Å². The van der Waals surface area contributed by atoms with Gasteiger partial charge >= 0.3 is 0 Å². The van der Waals surface area contributed by atoms with Gasteiger partial charge in [-0.2, -0.15) is 0 Å². The van der Waals surface area contributed by atoms with Crippen LogP contribution in [0.15, 0.2) is 42.0 Å². The van der Waals surface area contributed by atoms with Crippen LogP contribution in [0.25, 0.3) is 0 Å². The molecule has 1 aromatic carbocycles. The Morgan fingerprint density at radius 2 is 1.44 bits per heavy atom. The van der Waals surface area contributed by atoms with E-state index in [-0.39, 0.29) is 5.54 Å². The van der Waals surface area contributed by atoms with Gasteiger partial charge in [0.2, 0.25) is 0 Å². The molecule has 2 saturated heterocycles. The molecule has 3 rings (SSSR count). The Labute approximate surface area is 154 Å². The zero-order valence-corrected chi connectivity index (χ0v) is 16.5. The predicted octanol–water partition coefficient (Wildman–Crippen LogP) is 5.42. The number of nitrogens with zero attached hydrogens (tertiary/aromatic N) is 2. The molecule has 1 aromatic rings. The molecule has 2 aliphatic rings. The Morgan fingerprint density at radius 3 is 2.00 bits per heavy atom. The summed E-state index contributed by atoms with van der Waals surface area (Å²) in [6.07, 6.45) is 10.6. The minimum absolute atomic E-state index is 0.118. The highest BCUT2D eigenvalue weighted by molar-refractivity contribution is 5.34. The maximum atomic E-state index is 2.74. The molecule has 0 bridgehead atoms. The van der Waals surface area contributed by atoms with Crippen LogP contribution in [0.5, 0.6) is 0 Å². The van der Waals surface area contributed by atoms with Gasteiger partial charge in [0.05, 0.1) is 6.04 Å². The average molecular weight is 341 g/mol. The smallest absolute Gasteiger partial charge is 0.0578 e. The lowest BCUT2D eigenvalue weighted by Crippen LogP contribution is -2.51. The van der Waals surface area contributed by atoms with Crippen LogP contribution in [0.3, 0.4) is 0 Å². The predicted molar refractivity (Wildman–Crippen MR) is 108 cm³/mol. The lowest BCUT2D eigenvalue weighted by Gasteiger charge is -2.48. The van der Waals surface area contributed by atoms with E-state index in [1.165, 1.54) is 70.3 Å². The van der Waals surface area contributed by atoms with Gasteiger partial charge in [0.1, 0.15) is 0 Å². The van der Waals surface area contributed by atoms with Gasteiger partial charge < -0.3 is 0 Å². The van der Waals surface area contributed by atoms with Gasteiger partial charge in [-0.3, -0.25) is 9.80 Å². The molecule has 25 heavy (non-hydrogen) atoms. The fourth-order valence-electron chi connectivity index (χ4n) is 4.88. The monoisotopic (exact) mass is 340 g/mol. The van der Waals surface area contributed by atoms with Gasteiger partial charge in [0.25, 0.3) is 0 Å². The Bertz CT molecular complexity index is 549. The van der Waals surface area contributed by atoms with E-state index in [0.29, 0.717) is 6.04 Å². The van der Waals surface area contributed by atoms with Crippen LogP contribution in [0.1, 0.15) is 70.9 Å². The molecule has 138 valence electrons. The van der Waals surface area contributed by atoms with E-state index in [1.807, 2.05) is 0 Å². The third-order valence-electron chi connectivity index (χ3n) is 6.33. The maximum Gasteiger partial charge on any atom is 0.0578 e. The van der Waals surface area contributed by atoms with Gasteiger partial charge in [-0.05, 0) is 83.8 Å². The molecule has 1 unspecified atom stereocenters. The lowest BCUT2D eigenvalue weighted by atomic mass is 9.81. The van der Waals surface area contributed by atoms with E-state index in [2.05, 4.69) is 67.0 Å². The molecule has 0 amide bonds. The molecule has 0 radical (unpaired) electrons. The van der Waals surface area contributed by atoms with E-state index in [0.717, 1.165) is 0 Å². The van der Waals surface area contributed by atoms with Crippen LogP contribution in [-0.2, 0) is 0 Å². The third kappa shape index (κ3) is 4.17. The second-order valence-electron chi connectivity index (χ2n) is 8.26. The first-order valence-corrected chi connectivity index (χ1v) is 10.4. The quantitative estimate of drug-likeness (QED) is 0.660. The lowest BCUT2D eigenvalue weighted by molar-refractivity contribution is 0.0952. The van der Waals surface area contributed by atoms with E-state index in [1.54, 1.807) is 5.57 Å². The van der Waals surface area contributed by atoms with E-state index in [4.69, 9.17) is 0 Å². The molecule has 2 nitrogen and oxygen atoms in total. The fourth-order valence-corrected chi connectivity index (χ4v) is 4.88. The second kappa shape index (κ2) is 8.51. The summed E-state index contributed by atoms with van der Waals surface area (Å²) in [6, 6.07) is 11.6. The van der Waals surface area contributed by atoms with Crippen molar-refractivity contribution in [3.63, 3.8) is 0 Å². The molecule has 0 saturated carbocycles. The van der Waals surface area contributed by atoms with Crippen molar-refractivity contribution in [2.75, 3.05) is 26.2 Å². The van der Waals surface area contributed by atoms with Crippen molar-refractivity contribution >= 4 is 0 Å². The van der Waals surface area contributed by atoms with Crippen molar-refractivity contribution in [3.05, 3.63) is 47.5 Å². The number of rotatable bonds is 5. The average Bonchev–Trinajstić information content (AvgIpc) is 2.68. The SMILES string of the molecule is CC=C(C(c1ccccc1)N1CCCCC1)C(C)(C)N1CCCCC1. The van der Waals surface area contributed by atoms with E-state index >= 15 is 0 Å². The second-order valence-corrected chi connectivity index (χ2v) is 8.26. The number of likely N-dealkylation sites (tertiary alicyclic amines) is 2. The summed E-state index contributed by atoms with van der Waals surface area (Å²) < 4.78 is 0. The molecule has 2 heterocycles. The zero-order valence-electron chi connectivity index (χ0n) is 16.5. The molecule has 1 atom stereocenters. The maximum absolute atomic E-state index is 2.74. The van der Waals surface area contributed by atoms with Gasteiger partial charge in [0, 0.05) is 5.54 Å². The molecule has 2 aliphatic heterocycles. The molecule has 0 aliphatic carbocycles. The van der Waals surface area contributed by atoms with Crippen molar-refractivity contribution in [1.82, 2.24) is 9.80 Å². The molecule has 0 spiro atoms. The Hall–Kier alpha value is -1.12. The number of allylic oxidation sites excluding steroid dienone is 1. The standard InChI is InChI=1S/C23H36N2/c1-4-21(23(2,3)25-18-12-7-13-19-25)22(20-14-8-5-9-15-20)24-16-10-6-11-17-24/h4-5,8-9,14-15,22H,6-7,10-13,16-19H2,1-3H3. The van der Waals surface area contributed by atoms with Crippen molar-refractivity contribution in [1.29, 1.82) is 0 Å². The van der Waals surface area contributed by atoms with Gasteiger partial charge in [-0.25, -0.2) is 0 Å². The summed E-state index contributed by atoms with van der Waals surface area (Å²) in [5, 5.41) is 0. The highest BCUT2D eigenvalue weighted by atomic mass is 15.2.